The normalized spacial score (nSPS) is 14.1. The second-order valence-electron chi connectivity index (χ2n) is 2.70. The van der Waals surface area contributed by atoms with Gasteiger partial charge in [-0.1, -0.05) is 30.3 Å². The van der Waals surface area contributed by atoms with E-state index in [1.807, 2.05) is 0 Å². The van der Waals surface area contributed by atoms with Gasteiger partial charge in [0.15, 0.2) is 0 Å². The van der Waals surface area contributed by atoms with Gasteiger partial charge in [-0.25, -0.2) is 0 Å². The zero-order valence-corrected chi connectivity index (χ0v) is 7.76. The summed E-state index contributed by atoms with van der Waals surface area (Å²) < 4.78 is 10.9. The van der Waals surface area contributed by atoms with Crippen molar-refractivity contribution in [3.05, 3.63) is 35.9 Å². The van der Waals surface area contributed by atoms with E-state index in [1.54, 1.807) is 30.3 Å². The highest BCUT2D eigenvalue weighted by atomic mass is 31.2. The Labute approximate surface area is 76.0 Å². The molecule has 13 heavy (non-hydrogen) atoms. The molecule has 1 atom stereocenters. The number of hydrogen-bond donors (Lipinski definition) is 3. The number of aliphatic hydroxyl groups excluding tert-OH is 1. The maximum Gasteiger partial charge on any atom is 0.335 e. The predicted molar refractivity (Wildman–Crippen MR) is 48.3 cm³/mol. The highest BCUT2D eigenvalue weighted by Gasteiger charge is 2.29. The van der Waals surface area contributed by atoms with Gasteiger partial charge in [0.2, 0.25) is 0 Å². The molecule has 1 unspecified atom stereocenters. The van der Waals surface area contributed by atoms with Crippen LogP contribution in [0.1, 0.15) is 11.2 Å². The van der Waals surface area contributed by atoms with Crippen LogP contribution in [0.4, 0.5) is 0 Å². The van der Waals surface area contributed by atoms with E-state index in [0.29, 0.717) is 5.56 Å². The maximum absolute atomic E-state index is 10.9. The van der Waals surface area contributed by atoms with Crippen LogP contribution in [0.15, 0.2) is 30.3 Å². The van der Waals surface area contributed by atoms with E-state index in [0.717, 1.165) is 0 Å². The SMILES string of the molecule is O=P(O)(O)C(CO)c1ccccc1. The van der Waals surface area contributed by atoms with Crippen molar-refractivity contribution in [3.8, 4) is 0 Å². The number of aliphatic hydroxyl groups is 1. The number of benzene rings is 1. The molecule has 1 aromatic carbocycles. The summed E-state index contributed by atoms with van der Waals surface area (Å²) in [6.07, 6.45) is 0. The Kier molecular flexibility index (Phi) is 3.22. The third-order valence-electron chi connectivity index (χ3n) is 1.76. The summed E-state index contributed by atoms with van der Waals surface area (Å²) in [6, 6.07) is 8.26. The van der Waals surface area contributed by atoms with E-state index in [2.05, 4.69) is 0 Å². The van der Waals surface area contributed by atoms with Gasteiger partial charge in [0.1, 0.15) is 5.66 Å². The average molecular weight is 202 g/mol. The minimum Gasteiger partial charge on any atom is -0.395 e. The van der Waals surface area contributed by atoms with Crippen LogP contribution in [0.5, 0.6) is 0 Å². The first-order valence-electron chi connectivity index (χ1n) is 3.76. The topological polar surface area (TPSA) is 77.8 Å². The Morgan fingerprint density at radius 3 is 2.15 bits per heavy atom. The Bertz CT molecular complexity index is 305. The van der Waals surface area contributed by atoms with Crippen LogP contribution >= 0.6 is 7.60 Å². The van der Waals surface area contributed by atoms with Gasteiger partial charge >= 0.3 is 7.60 Å². The van der Waals surface area contributed by atoms with Crippen molar-refractivity contribution in [2.24, 2.45) is 0 Å². The van der Waals surface area contributed by atoms with Crippen LogP contribution < -0.4 is 0 Å². The average Bonchev–Trinajstić information content (AvgIpc) is 2.05. The second kappa shape index (κ2) is 4.03. The van der Waals surface area contributed by atoms with Crippen molar-refractivity contribution >= 4 is 7.60 Å². The molecule has 0 amide bonds. The van der Waals surface area contributed by atoms with Crippen molar-refractivity contribution in [2.45, 2.75) is 5.66 Å². The standard InChI is InChI=1S/C8H11O4P/c9-6-8(13(10,11)12)7-4-2-1-3-5-7/h1-5,8-9H,6H2,(H2,10,11,12). The zero-order valence-electron chi connectivity index (χ0n) is 6.87. The van der Waals surface area contributed by atoms with E-state index in [9.17, 15) is 4.57 Å². The molecule has 0 aromatic heterocycles. The van der Waals surface area contributed by atoms with Crippen LogP contribution in [0.2, 0.25) is 0 Å². The predicted octanol–water partition coefficient (Wildman–Crippen LogP) is 0.898. The molecule has 0 heterocycles. The second-order valence-corrected chi connectivity index (χ2v) is 4.50. The lowest BCUT2D eigenvalue weighted by Crippen LogP contribution is -2.04. The fourth-order valence-corrected chi connectivity index (χ4v) is 1.85. The van der Waals surface area contributed by atoms with Crippen LogP contribution in [-0.2, 0) is 4.57 Å². The molecule has 0 aliphatic heterocycles. The summed E-state index contributed by atoms with van der Waals surface area (Å²) in [4.78, 5) is 17.8. The van der Waals surface area contributed by atoms with Gasteiger partial charge in [-0.2, -0.15) is 0 Å². The molecule has 5 heteroatoms. The Hall–Kier alpha value is -0.670. The van der Waals surface area contributed by atoms with Crippen LogP contribution in [0, 0.1) is 0 Å². The summed E-state index contributed by atoms with van der Waals surface area (Å²) in [7, 11) is -4.25. The zero-order chi connectivity index (χ0) is 9.90. The first kappa shape index (κ1) is 10.4. The molecule has 0 bridgehead atoms. The largest absolute Gasteiger partial charge is 0.395 e. The van der Waals surface area contributed by atoms with Crippen molar-refractivity contribution in [3.63, 3.8) is 0 Å². The monoisotopic (exact) mass is 202 g/mol. The third kappa shape index (κ3) is 2.64. The molecule has 0 saturated heterocycles. The summed E-state index contributed by atoms with van der Waals surface area (Å²) >= 11 is 0. The lowest BCUT2D eigenvalue weighted by molar-refractivity contribution is 0.266. The molecule has 0 fully saturated rings. The summed E-state index contributed by atoms with van der Waals surface area (Å²) in [5.41, 5.74) is -0.646. The molecule has 0 aliphatic carbocycles. The quantitative estimate of drug-likeness (QED) is 0.636. The fourth-order valence-electron chi connectivity index (χ4n) is 1.08. The maximum atomic E-state index is 10.9. The van der Waals surface area contributed by atoms with E-state index in [-0.39, 0.29) is 0 Å². The smallest absolute Gasteiger partial charge is 0.335 e. The number of hydrogen-bond acceptors (Lipinski definition) is 2. The molecule has 0 spiro atoms. The lowest BCUT2D eigenvalue weighted by atomic mass is 10.2. The van der Waals surface area contributed by atoms with Gasteiger partial charge in [0, 0.05) is 0 Å². The number of rotatable bonds is 3. The lowest BCUT2D eigenvalue weighted by Gasteiger charge is -2.15. The molecule has 72 valence electrons. The van der Waals surface area contributed by atoms with Crippen molar-refractivity contribution < 1.29 is 19.5 Å². The third-order valence-corrected chi connectivity index (χ3v) is 3.04. The Balaban J connectivity index is 2.99. The Morgan fingerprint density at radius 1 is 1.23 bits per heavy atom. The van der Waals surface area contributed by atoms with Gasteiger partial charge in [-0.3, -0.25) is 4.57 Å². The fraction of sp³-hybridized carbons (Fsp3) is 0.250. The van der Waals surface area contributed by atoms with Gasteiger partial charge in [-0.15, -0.1) is 0 Å². The van der Waals surface area contributed by atoms with Gasteiger partial charge in [0.05, 0.1) is 6.61 Å². The van der Waals surface area contributed by atoms with Gasteiger partial charge in [-0.05, 0) is 5.56 Å². The molecule has 0 radical (unpaired) electrons. The van der Waals surface area contributed by atoms with Crippen LogP contribution in [-0.4, -0.2) is 21.5 Å². The molecule has 3 N–H and O–H groups in total. The van der Waals surface area contributed by atoms with Crippen molar-refractivity contribution in [1.82, 2.24) is 0 Å². The van der Waals surface area contributed by atoms with Gasteiger partial charge in [0.25, 0.3) is 0 Å². The highest BCUT2D eigenvalue weighted by Crippen LogP contribution is 2.51. The first-order chi connectivity index (χ1) is 6.05. The molecular weight excluding hydrogens is 191 g/mol. The Morgan fingerprint density at radius 2 is 1.77 bits per heavy atom. The molecular formula is C8H11O4P. The highest BCUT2D eigenvalue weighted by molar-refractivity contribution is 7.52. The van der Waals surface area contributed by atoms with Gasteiger partial charge < -0.3 is 14.9 Å². The van der Waals surface area contributed by atoms with E-state index < -0.39 is 19.9 Å². The van der Waals surface area contributed by atoms with E-state index in [4.69, 9.17) is 14.9 Å². The van der Waals surface area contributed by atoms with E-state index in [1.165, 1.54) is 0 Å². The molecule has 1 rings (SSSR count). The van der Waals surface area contributed by atoms with E-state index >= 15 is 0 Å². The summed E-state index contributed by atoms with van der Waals surface area (Å²) in [5, 5.41) is 8.82. The molecule has 1 aromatic rings. The minimum absolute atomic E-state index is 0.457. The summed E-state index contributed by atoms with van der Waals surface area (Å²) in [6.45, 7) is -0.547. The molecule has 4 nitrogen and oxygen atoms in total. The minimum atomic E-state index is -4.25. The van der Waals surface area contributed by atoms with Crippen molar-refractivity contribution in [2.75, 3.05) is 6.61 Å². The first-order valence-corrected chi connectivity index (χ1v) is 5.45. The summed E-state index contributed by atoms with van der Waals surface area (Å²) in [5.74, 6) is 0. The molecule has 0 saturated carbocycles. The van der Waals surface area contributed by atoms with Crippen molar-refractivity contribution in [1.29, 1.82) is 0 Å². The van der Waals surface area contributed by atoms with Crippen LogP contribution in [0.25, 0.3) is 0 Å². The van der Waals surface area contributed by atoms with Crippen LogP contribution in [0.3, 0.4) is 0 Å². The molecule has 0 aliphatic rings.